The van der Waals surface area contributed by atoms with Gasteiger partial charge in [-0.1, -0.05) is 24.3 Å². The number of nitrogens with one attached hydrogen (secondary N) is 2. The summed E-state index contributed by atoms with van der Waals surface area (Å²) in [5, 5.41) is 5.97. The van der Waals surface area contributed by atoms with Gasteiger partial charge in [0.1, 0.15) is 11.6 Å². The second kappa shape index (κ2) is 8.29. The molecule has 0 heterocycles. The first kappa shape index (κ1) is 17.0. The first-order valence-electron chi connectivity index (χ1n) is 7.47. The standard InChI is InChI=1S/C18H21FN2O2/c1-13(15-5-7-16(19)8-6-15)20-12-18(22)21-11-14-3-9-17(23-2)10-4-14/h3-10,13,20H,11-12H2,1-2H3,(H,21,22)/t13-/m0/s1. The minimum absolute atomic E-state index is 0.0256. The topological polar surface area (TPSA) is 50.4 Å². The molecule has 2 aromatic rings. The zero-order valence-electron chi connectivity index (χ0n) is 13.3. The van der Waals surface area contributed by atoms with Crippen LogP contribution < -0.4 is 15.4 Å². The van der Waals surface area contributed by atoms with Crippen LogP contribution in [0.4, 0.5) is 4.39 Å². The van der Waals surface area contributed by atoms with Gasteiger partial charge in [0.05, 0.1) is 13.7 Å². The van der Waals surface area contributed by atoms with E-state index >= 15 is 0 Å². The molecule has 4 nitrogen and oxygen atoms in total. The molecular formula is C18H21FN2O2. The lowest BCUT2D eigenvalue weighted by atomic mass is 10.1. The quantitative estimate of drug-likeness (QED) is 0.826. The van der Waals surface area contributed by atoms with Crippen LogP contribution in [0.3, 0.4) is 0 Å². The summed E-state index contributed by atoms with van der Waals surface area (Å²) >= 11 is 0. The Bertz CT molecular complexity index is 626. The van der Waals surface area contributed by atoms with Crippen molar-refractivity contribution in [3.8, 4) is 5.75 Å². The van der Waals surface area contributed by atoms with Crippen LogP contribution in [0.2, 0.25) is 0 Å². The van der Waals surface area contributed by atoms with Gasteiger partial charge in [-0.15, -0.1) is 0 Å². The average Bonchev–Trinajstić information content (AvgIpc) is 2.59. The smallest absolute Gasteiger partial charge is 0.234 e. The highest BCUT2D eigenvalue weighted by molar-refractivity contribution is 5.78. The van der Waals surface area contributed by atoms with Gasteiger partial charge >= 0.3 is 0 Å². The normalized spacial score (nSPS) is 11.8. The molecule has 0 spiro atoms. The summed E-state index contributed by atoms with van der Waals surface area (Å²) in [4.78, 5) is 11.9. The number of carbonyl (C=O) groups excluding carboxylic acids is 1. The number of benzene rings is 2. The monoisotopic (exact) mass is 316 g/mol. The molecule has 2 N–H and O–H groups in total. The van der Waals surface area contributed by atoms with E-state index in [4.69, 9.17) is 4.74 Å². The number of hydrogen-bond donors (Lipinski definition) is 2. The highest BCUT2D eigenvalue weighted by Crippen LogP contribution is 2.12. The van der Waals surface area contributed by atoms with Crippen molar-refractivity contribution in [1.29, 1.82) is 0 Å². The van der Waals surface area contributed by atoms with Gasteiger partial charge in [0, 0.05) is 12.6 Å². The summed E-state index contributed by atoms with van der Waals surface area (Å²) in [5.74, 6) is 0.433. The SMILES string of the molecule is COc1ccc(CNC(=O)CN[C@@H](C)c2ccc(F)cc2)cc1. The molecule has 1 amide bonds. The Balaban J connectivity index is 1.74. The molecule has 5 heteroatoms. The zero-order chi connectivity index (χ0) is 16.7. The van der Waals surface area contributed by atoms with Crippen LogP contribution in [0.1, 0.15) is 24.1 Å². The lowest BCUT2D eigenvalue weighted by Crippen LogP contribution is -2.34. The third-order valence-corrected chi connectivity index (χ3v) is 3.59. The molecule has 0 bridgehead atoms. The first-order chi connectivity index (χ1) is 11.1. The minimum Gasteiger partial charge on any atom is -0.497 e. The molecular weight excluding hydrogens is 295 g/mol. The molecule has 0 radical (unpaired) electrons. The summed E-state index contributed by atoms with van der Waals surface area (Å²) in [6.07, 6.45) is 0. The summed E-state index contributed by atoms with van der Waals surface area (Å²) < 4.78 is 18.0. The highest BCUT2D eigenvalue weighted by atomic mass is 19.1. The van der Waals surface area contributed by atoms with Crippen LogP contribution in [-0.2, 0) is 11.3 Å². The second-order valence-corrected chi connectivity index (χ2v) is 5.28. The average molecular weight is 316 g/mol. The molecule has 0 fully saturated rings. The Hall–Kier alpha value is -2.40. The van der Waals surface area contributed by atoms with Crippen molar-refractivity contribution in [2.45, 2.75) is 19.5 Å². The van der Waals surface area contributed by atoms with Crippen molar-refractivity contribution in [1.82, 2.24) is 10.6 Å². The fourth-order valence-electron chi connectivity index (χ4n) is 2.12. The van der Waals surface area contributed by atoms with Gasteiger partial charge in [-0.25, -0.2) is 4.39 Å². The van der Waals surface area contributed by atoms with Crippen LogP contribution in [0, 0.1) is 5.82 Å². The molecule has 0 saturated heterocycles. The predicted octanol–water partition coefficient (Wildman–Crippen LogP) is 2.80. The van der Waals surface area contributed by atoms with E-state index in [0.717, 1.165) is 16.9 Å². The Morgan fingerprint density at radius 3 is 2.39 bits per heavy atom. The number of ether oxygens (including phenoxy) is 1. The summed E-state index contributed by atoms with van der Waals surface area (Å²) in [6.45, 7) is 2.61. The van der Waals surface area contributed by atoms with Crippen molar-refractivity contribution in [3.63, 3.8) is 0 Å². The van der Waals surface area contributed by atoms with Crippen molar-refractivity contribution >= 4 is 5.91 Å². The number of halogens is 1. The van der Waals surface area contributed by atoms with E-state index in [1.54, 1.807) is 19.2 Å². The molecule has 0 unspecified atom stereocenters. The Kier molecular flexibility index (Phi) is 6.11. The number of hydrogen-bond acceptors (Lipinski definition) is 3. The fourth-order valence-corrected chi connectivity index (χ4v) is 2.12. The van der Waals surface area contributed by atoms with Crippen LogP contribution in [-0.4, -0.2) is 19.6 Å². The van der Waals surface area contributed by atoms with Gasteiger partial charge < -0.3 is 15.4 Å². The zero-order valence-corrected chi connectivity index (χ0v) is 13.3. The molecule has 23 heavy (non-hydrogen) atoms. The largest absolute Gasteiger partial charge is 0.497 e. The van der Waals surface area contributed by atoms with Gasteiger partial charge in [0.15, 0.2) is 0 Å². The molecule has 0 aliphatic heterocycles. The van der Waals surface area contributed by atoms with Gasteiger partial charge in [0.25, 0.3) is 0 Å². The highest BCUT2D eigenvalue weighted by Gasteiger charge is 2.07. The van der Waals surface area contributed by atoms with Gasteiger partial charge in [-0.05, 0) is 42.3 Å². The third kappa shape index (κ3) is 5.38. The number of amides is 1. The van der Waals surface area contributed by atoms with Crippen molar-refractivity contribution in [3.05, 3.63) is 65.5 Å². The fraction of sp³-hybridized carbons (Fsp3) is 0.278. The van der Waals surface area contributed by atoms with Gasteiger partial charge in [-0.2, -0.15) is 0 Å². The van der Waals surface area contributed by atoms with E-state index in [2.05, 4.69) is 10.6 Å². The van der Waals surface area contributed by atoms with Crippen molar-refractivity contribution in [2.24, 2.45) is 0 Å². The molecule has 1 atom stereocenters. The molecule has 0 aliphatic rings. The van der Waals surface area contributed by atoms with E-state index in [9.17, 15) is 9.18 Å². The summed E-state index contributed by atoms with van der Waals surface area (Å²) in [7, 11) is 1.62. The maximum absolute atomic E-state index is 12.9. The predicted molar refractivity (Wildman–Crippen MR) is 87.7 cm³/mol. The summed E-state index contributed by atoms with van der Waals surface area (Å²) in [5.41, 5.74) is 1.94. The van der Waals surface area contributed by atoms with Crippen molar-refractivity contribution < 1.29 is 13.9 Å². The maximum atomic E-state index is 12.9. The third-order valence-electron chi connectivity index (χ3n) is 3.59. The van der Waals surface area contributed by atoms with E-state index in [0.29, 0.717) is 6.54 Å². The number of carbonyl (C=O) groups is 1. The van der Waals surface area contributed by atoms with Gasteiger partial charge in [0.2, 0.25) is 5.91 Å². The lowest BCUT2D eigenvalue weighted by Gasteiger charge is -2.14. The summed E-state index contributed by atoms with van der Waals surface area (Å²) in [6, 6.07) is 13.8. The second-order valence-electron chi connectivity index (χ2n) is 5.28. The molecule has 2 aromatic carbocycles. The van der Waals surface area contributed by atoms with E-state index in [-0.39, 0.29) is 24.3 Å². The van der Waals surface area contributed by atoms with Crippen molar-refractivity contribution in [2.75, 3.05) is 13.7 Å². The lowest BCUT2D eigenvalue weighted by molar-refractivity contribution is -0.120. The van der Waals surface area contributed by atoms with E-state index in [1.165, 1.54) is 12.1 Å². The minimum atomic E-state index is -0.266. The Morgan fingerprint density at radius 2 is 1.78 bits per heavy atom. The molecule has 0 saturated carbocycles. The van der Waals surface area contributed by atoms with E-state index < -0.39 is 0 Å². The first-order valence-corrected chi connectivity index (χ1v) is 7.47. The van der Waals surface area contributed by atoms with Gasteiger partial charge in [-0.3, -0.25) is 4.79 Å². The number of rotatable bonds is 7. The molecule has 0 aromatic heterocycles. The molecule has 2 rings (SSSR count). The van der Waals surface area contributed by atoms with Crippen LogP contribution >= 0.6 is 0 Å². The maximum Gasteiger partial charge on any atom is 0.234 e. The number of methoxy groups -OCH3 is 1. The Labute approximate surface area is 135 Å². The van der Waals surface area contributed by atoms with Crippen LogP contribution in [0.15, 0.2) is 48.5 Å². The molecule has 0 aliphatic carbocycles. The van der Waals surface area contributed by atoms with E-state index in [1.807, 2.05) is 31.2 Å². The van der Waals surface area contributed by atoms with Crippen LogP contribution in [0.5, 0.6) is 5.75 Å². The molecule has 122 valence electrons. The Morgan fingerprint density at radius 1 is 1.13 bits per heavy atom. The van der Waals surface area contributed by atoms with Crippen LogP contribution in [0.25, 0.3) is 0 Å².